The molecular formula is C19H30N4O3. The number of hydrogen-bond donors (Lipinski definition) is 3. The van der Waals surface area contributed by atoms with E-state index in [2.05, 4.69) is 41.4 Å². The summed E-state index contributed by atoms with van der Waals surface area (Å²) in [7, 11) is 0. The number of aryl methyl sites for hydroxylation is 1. The van der Waals surface area contributed by atoms with Crippen LogP contribution < -0.4 is 10.6 Å². The number of hydrogen-bond acceptors (Lipinski definition) is 4. The van der Waals surface area contributed by atoms with Crippen molar-refractivity contribution in [3.8, 4) is 0 Å². The van der Waals surface area contributed by atoms with Gasteiger partial charge >= 0.3 is 12.0 Å². The number of rotatable bonds is 6. The zero-order valence-corrected chi connectivity index (χ0v) is 15.9. The molecule has 0 aromatic carbocycles. The third kappa shape index (κ3) is 6.28. The molecule has 144 valence electrons. The molecule has 0 bridgehead atoms. The Labute approximate surface area is 155 Å². The smallest absolute Gasteiger partial charge is 0.315 e. The number of carboxylic acid groups (broad SMARTS) is 1. The Bertz CT molecular complexity index is 619. The van der Waals surface area contributed by atoms with Crippen LogP contribution >= 0.6 is 0 Å². The highest BCUT2D eigenvalue weighted by Crippen LogP contribution is 2.24. The van der Waals surface area contributed by atoms with E-state index in [1.54, 1.807) is 6.20 Å². The fourth-order valence-electron chi connectivity index (χ4n) is 3.09. The Morgan fingerprint density at radius 1 is 1.23 bits per heavy atom. The summed E-state index contributed by atoms with van der Waals surface area (Å²) in [6, 6.07) is 1.81. The van der Waals surface area contributed by atoms with Gasteiger partial charge in [-0.2, -0.15) is 0 Å². The van der Waals surface area contributed by atoms with Crippen molar-refractivity contribution in [1.29, 1.82) is 0 Å². The third-order valence-corrected chi connectivity index (χ3v) is 4.69. The van der Waals surface area contributed by atoms with Crippen molar-refractivity contribution in [2.45, 2.75) is 70.8 Å². The topological polar surface area (TPSA) is 104 Å². The predicted octanol–water partition coefficient (Wildman–Crippen LogP) is 2.65. The summed E-state index contributed by atoms with van der Waals surface area (Å²) in [5.41, 5.74) is 0.910. The van der Waals surface area contributed by atoms with E-state index in [1.165, 1.54) is 0 Å². The summed E-state index contributed by atoms with van der Waals surface area (Å²) in [6.45, 7) is 6.83. The molecule has 1 fully saturated rings. The van der Waals surface area contributed by atoms with E-state index < -0.39 is 5.97 Å². The lowest BCUT2D eigenvalue weighted by molar-refractivity contribution is -0.142. The molecular weight excluding hydrogens is 332 g/mol. The zero-order valence-electron chi connectivity index (χ0n) is 15.9. The molecule has 1 aromatic heterocycles. The fourth-order valence-corrected chi connectivity index (χ4v) is 3.09. The van der Waals surface area contributed by atoms with Crippen molar-refractivity contribution in [3.63, 3.8) is 0 Å². The lowest BCUT2D eigenvalue weighted by Gasteiger charge is -2.26. The molecule has 0 radical (unpaired) electrons. The van der Waals surface area contributed by atoms with Crippen molar-refractivity contribution in [2.24, 2.45) is 5.92 Å². The molecule has 7 heteroatoms. The molecule has 2 rings (SSSR count). The minimum absolute atomic E-state index is 0.0711. The second-order valence-electron chi connectivity index (χ2n) is 8.01. The first-order chi connectivity index (χ1) is 12.3. The van der Waals surface area contributed by atoms with E-state index in [-0.39, 0.29) is 23.4 Å². The van der Waals surface area contributed by atoms with E-state index in [1.807, 2.05) is 6.07 Å². The van der Waals surface area contributed by atoms with Gasteiger partial charge in [-0.15, -0.1) is 0 Å². The van der Waals surface area contributed by atoms with Crippen molar-refractivity contribution < 1.29 is 14.7 Å². The molecule has 1 heterocycles. The van der Waals surface area contributed by atoms with Crippen molar-refractivity contribution in [3.05, 3.63) is 23.8 Å². The number of carbonyl (C=O) groups excluding carboxylic acids is 1. The molecule has 0 aliphatic heterocycles. The van der Waals surface area contributed by atoms with Gasteiger partial charge in [-0.1, -0.05) is 20.8 Å². The van der Waals surface area contributed by atoms with Crippen molar-refractivity contribution in [1.82, 2.24) is 20.6 Å². The Balaban J connectivity index is 1.66. The lowest BCUT2D eigenvalue weighted by atomic mass is 9.86. The van der Waals surface area contributed by atoms with Crippen LogP contribution in [0.2, 0.25) is 0 Å². The average Bonchev–Trinajstić information content (AvgIpc) is 2.59. The molecule has 0 spiro atoms. The Morgan fingerprint density at radius 2 is 1.92 bits per heavy atom. The van der Waals surface area contributed by atoms with E-state index >= 15 is 0 Å². The van der Waals surface area contributed by atoms with E-state index in [0.29, 0.717) is 19.4 Å². The van der Waals surface area contributed by atoms with Gasteiger partial charge in [-0.3, -0.25) is 4.79 Å². The normalized spacial score (nSPS) is 20.4. The van der Waals surface area contributed by atoms with E-state index in [4.69, 9.17) is 5.11 Å². The fraction of sp³-hybridized carbons (Fsp3) is 0.684. The van der Waals surface area contributed by atoms with Gasteiger partial charge in [0, 0.05) is 29.9 Å². The van der Waals surface area contributed by atoms with Crippen LogP contribution in [0.15, 0.2) is 12.3 Å². The Hall–Kier alpha value is -2.18. The largest absolute Gasteiger partial charge is 0.481 e. The molecule has 2 amide bonds. The van der Waals surface area contributed by atoms with E-state index in [0.717, 1.165) is 37.2 Å². The maximum Gasteiger partial charge on any atom is 0.315 e. The molecule has 7 nitrogen and oxygen atoms in total. The maximum absolute atomic E-state index is 12.0. The molecule has 3 N–H and O–H groups in total. The van der Waals surface area contributed by atoms with Crippen LogP contribution in [0.1, 0.15) is 64.4 Å². The average molecular weight is 362 g/mol. The number of nitrogens with one attached hydrogen (secondary N) is 2. The number of urea groups is 1. The Kier molecular flexibility index (Phi) is 6.94. The van der Waals surface area contributed by atoms with Crippen molar-refractivity contribution >= 4 is 12.0 Å². The first-order valence-electron chi connectivity index (χ1n) is 9.35. The van der Waals surface area contributed by atoms with Crippen molar-refractivity contribution in [2.75, 3.05) is 6.54 Å². The molecule has 1 aromatic rings. The highest BCUT2D eigenvalue weighted by atomic mass is 16.4. The number of aromatic nitrogens is 2. The van der Waals surface area contributed by atoms with Gasteiger partial charge in [0.05, 0.1) is 5.92 Å². The Morgan fingerprint density at radius 3 is 2.54 bits per heavy atom. The van der Waals surface area contributed by atoms with Gasteiger partial charge in [-0.05, 0) is 44.6 Å². The minimum atomic E-state index is -0.729. The summed E-state index contributed by atoms with van der Waals surface area (Å²) < 4.78 is 0. The summed E-state index contributed by atoms with van der Waals surface area (Å²) in [4.78, 5) is 31.8. The molecule has 0 atom stereocenters. The van der Waals surface area contributed by atoms with Gasteiger partial charge in [0.1, 0.15) is 5.82 Å². The maximum atomic E-state index is 12.0. The van der Waals surface area contributed by atoms with Crippen LogP contribution in [0.25, 0.3) is 0 Å². The lowest BCUT2D eigenvalue weighted by Crippen LogP contribution is -2.44. The first-order valence-corrected chi connectivity index (χ1v) is 9.35. The highest BCUT2D eigenvalue weighted by molar-refractivity contribution is 5.74. The summed E-state index contributed by atoms with van der Waals surface area (Å²) >= 11 is 0. The van der Waals surface area contributed by atoms with Gasteiger partial charge in [0.2, 0.25) is 0 Å². The summed E-state index contributed by atoms with van der Waals surface area (Å²) in [5, 5.41) is 14.8. The highest BCUT2D eigenvalue weighted by Gasteiger charge is 2.26. The number of nitrogens with zero attached hydrogens (tertiary/aromatic N) is 2. The van der Waals surface area contributed by atoms with Crippen LogP contribution in [0.5, 0.6) is 0 Å². The minimum Gasteiger partial charge on any atom is -0.481 e. The zero-order chi connectivity index (χ0) is 19.2. The number of aliphatic carboxylic acids is 1. The SMILES string of the molecule is CC(C)(C)c1nccc(CCCNC(=O)NC2CCC(C(=O)O)CC2)n1. The van der Waals surface area contributed by atoms with E-state index in [9.17, 15) is 9.59 Å². The monoisotopic (exact) mass is 362 g/mol. The molecule has 1 aliphatic carbocycles. The van der Waals surface area contributed by atoms with Gasteiger partial charge < -0.3 is 15.7 Å². The van der Waals surface area contributed by atoms with Gasteiger partial charge in [0.15, 0.2) is 0 Å². The number of carboxylic acids is 1. The van der Waals surface area contributed by atoms with Crippen LogP contribution in [0.4, 0.5) is 4.79 Å². The summed E-state index contributed by atoms with van der Waals surface area (Å²) in [6.07, 6.45) is 6.09. The molecule has 26 heavy (non-hydrogen) atoms. The third-order valence-electron chi connectivity index (χ3n) is 4.69. The second-order valence-corrected chi connectivity index (χ2v) is 8.01. The first kappa shape index (κ1) is 20.1. The quantitative estimate of drug-likeness (QED) is 0.675. The standard InChI is InChI=1S/C19H30N4O3/c1-19(2,3)17-20-12-10-14(22-17)5-4-11-21-18(26)23-15-8-6-13(7-9-15)16(24)25/h10,12-13,15H,4-9,11H2,1-3H3,(H,24,25)(H2,21,23,26). The molecule has 0 saturated heterocycles. The van der Waals surface area contributed by atoms with Crippen LogP contribution in [0, 0.1) is 5.92 Å². The van der Waals surface area contributed by atoms with Gasteiger partial charge in [-0.25, -0.2) is 14.8 Å². The number of carbonyl (C=O) groups is 2. The van der Waals surface area contributed by atoms with Crippen LogP contribution in [-0.4, -0.2) is 39.7 Å². The van der Waals surface area contributed by atoms with Crippen LogP contribution in [-0.2, 0) is 16.6 Å². The number of amides is 2. The van der Waals surface area contributed by atoms with Gasteiger partial charge in [0.25, 0.3) is 0 Å². The molecule has 1 aliphatic rings. The summed E-state index contributed by atoms with van der Waals surface area (Å²) in [5.74, 6) is -0.160. The molecule has 0 unspecified atom stereocenters. The molecule has 1 saturated carbocycles. The van der Waals surface area contributed by atoms with Crippen LogP contribution in [0.3, 0.4) is 0 Å². The predicted molar refractivity (Wildman–Crippen MR) is 99.0 cm³/mol. The second kappa shape index (κ2) is 8.96.